The Bertz CT molecular complexity index is 284. The first-order valence-electron chi connectivity index (χ1n) is 4.01. The first-order chi connectivity index (χ1) is 6.13. The molecule has 1 rings (SSSR count). The molecule has 0 aromatic heterocycles. The van der Waals surface area contributed by atoms with E-state index in [9.17, 15) is 4.79 Å². The van der Waals surface area contributed by atoms with E-state index in [0.717, 1.165) is 5.56 Å². The van der Waals surface area contributed by atoms with Crippen molar-refractivity contribution in [2.45, 2.75) is 17.7 Å². The molecule has 0 aliphatic carbocycles. The van der Waals surface area contributed by atoms with Crippen LogP contribution in [0.5, 0.6) is 0 Å². The number of alkyl halides is 1. The molecule has 2 unspecified atom stereocenters. The molecule has 0 amide bonds. The van der Waals surface area contributed by atoms with E-state index in [-0.39, 0.29) is 16.0 Å². The molecule has 0 fully saturated rings. The van der Waals surface area contributed by atoms with E-state index in [0.29, 0.717) is 0 Å². The van der Waals surface area contributed by atoms with Crippen LogP contribution in [0.1, 0.15) is 18.4 Å². The number of hydrogen-bond acceptors (Lipinski definition) is 1. The van der Waals surface area contributed by atoms with Crippen LogP contribution in [-0.4, -0.2) is 10.1 Å². The van der Waals surface area contributed by atoms with Crippen LogP contribution >= 0.6 is 27.5 Å². The largest absolute Gasteiger partial charge is 0.281 e. The summed E-state index contributed by atoms with van der Waals surface area (Å²) in [5.41, 5.74) is 0.951. The number of carbonyl (C=O) groups is 1. The zero-order valence-electron chi connectivity index (χ0n) is 7.21. The molecule has 0 saturated heterocycles. The quantitative estimate of drug-likeness (QED) is 0.602. The number of benzene rings is 1. The van der Waals surface area contributed by atoms with Crippen molar-refractivity contribution in [1.29, 1.82) is 0 Å². The third kappa shape index (κ3) is 2.82. The van der Waals surface area contributed by atoms with Crippen molar-refractivity contribution < 1.29 is 4.79 Å². The summed E-state index contributed by atoms with van der Waals surface area (Å²) < 4.78 is 0. The predicted molar refractivity (Wildman–Crippen MR) is 58.4 cm³/mol. The van der Waals surface area contributed by atoms with Gasteiger partial charge in [0, 0.05) is 4.83 Å². The molecule has 0 aliphatic rings. The highest BCUT2D eigenvalue weighted by atomic mass is 79.9. The van der Waals surface area contributed by atoms with Gasteiger partial charge < -0.3 is 0 Å². The molecule has 70 valence electrons. The molecule has 1 aromatic carbocycles. The van der Waals surface area contributed by atoms with E-state index < -0.39 is 0 Å². The summed E-state index contributed by atoms with van der Waals surface area (Å²) in [4.78, 5) is 11.2. The van der Waals surface area contributed by atoms with Crippen molar-refractivity contribution in [1.82, 2.24) is 0 Å². The third-order valence-electron chi connectivity index (χ3n) is 1.86. The van der Waals surface area contributed by atoms with Gasteiger partial charge in [-0.15, -0.1) is 0 Å². The minimum atomic E-state index is -0.324. The summed E-state index contributed by atoms with van der Waals surface area (Å²) in [7, 11) is 0. The lowest BCUT2D eigenvalue weighted by atomic mass is 9.98. The lowest BCUT2D eigenvalue weighted by molar-refractivity contribution is -0.112. The molecule has 0 spiro atoms. The molecule has 1 aromatic rings. The maximum atomic E-state index is 11.1. The van der Waals surface area contributed by atoms with Gasteiger partial charge in [0.25, 0.3) is 0 Å². The Kier molecular flexibility index (Phi) is 3.94. The van der Waals surface area contributed by atoms with Crippen LogP contribution in [0.3, 0.4) is 0 Å². The molecule has 0 aliphatic heterocycles. The van der Waals surface area contributed by atoms with Gasteiger partial charge in [0.2, 0.25) is 5.24 Å². The van der Waals surface area contributed by atoms with Crippen molar-refractivity contribution in [2.75, 3.05) is 0 Å². The fourth-order valence-electron chi connectivity index (χ4n) is 1.24. The van der Waals surface area contributed by atoms with Gasteiger partial charge in [-0.05, 0) is 17.2 Å². The molecule has 0 bridgehead atoms. The van der Waals surface area contributed by atoms with Gasteiger partial charge >= 0.3 is 0 Å². The Balaban J connectivity index is 2.96. The van der Waals surface area contributed by atoms with E-state index in [1.807, 2.05) is 37.3 Å². The minimum Gasteiger partial charge on any atom is -0.281 e. The number of halogens is 2. The van der Waals surface area contributed by atoms with E-state index >= 15 is 0 Å². The van der Waals surface area contributed by atoms with E-state index in [2.05, 4.69) is 15.9 Å². The highest BCUT2D eigenvalue weighted by Gasteiger charge is 2.22. The average molecular weight is 262 g/mol. The SMILES string of the molecule is CC(Br)C(C(=O)Cl)c1ccccc1. The normalized spacial score (nSPS) is 15.0. The highest BCUT2D eigenvalue weighted by Crippen LogP contribution is 2.26. The Labute approximate surface area is 91.2 Å². The van der Waals surface area contributed by atoms with Crippen LogP contribution < -0.4 is 0 Å². The van der Waals surface area contributed by atoms with Gasteiger partial charge in [-0.25, -0.2) is 0 Å². The topological polar surface area (TPSA) is 17.1 Å². The van der Waals surface area contributed by atoms with E-state index in [1.54, 1.807) is 0 Å². The summed E-state index contributed by atoms with van der Waals surface area (Å²) in [5.74, 6) is -0.261. The van der Waals surface area contributed by atoms with Crippen molar-refractivity contribution >= 4 is 32.8 Å². The van der Waals surface area contributed by atoms with Crippen LogP contribution in [0.2, 0.25) is 0 Å². The zero-order valence-corrected chi connectivity index (χ0v) is 9.55. The molecule has 0 heterocycles. The van der Waals surface area contributed by atoms with Crippen molar-refractivity contribution in [3.63, 3.8) is 0 Å². The van der Waals surface area contributed by atoms with Gasteiger partial charge in [-0.3, -0.25) is 4.79 Å². The maximum absolute atomic E-state index is 11.1. The summed E-state index contributed by atoms with van der Waals surface area (Å²) in [5, 5.41) is -0.324. The van der Waals surface area contributed by atoms with Gasteiger partial charge in [0.05, 0.1) is 5.92 Å². The van der Waals surface area contributed by atoms with Crippen LogP contribution in [0.4, 0.5) is 0 Å². The number of hydrogen-bond donors (Lipinski definition) is 0. The molecular formula is C10H10BrClO. The second-order valence-corrected chi connectivity index (χ2v) is 4.69. The summed E-state index contributed by atoms with van der Waals surface area (Å²) in [6, 6.07) is 9.53. The van der Waals surface area contributed by atoms with Crippen LogP contribution in [-0.2, 0) is 4.79 Å². The van der Waals surface area contributed by atoms with Crippen molar-refractivity contribution in [3.8, 4) is 0 Å². The third-order valence-corrected chi connectivity index (χ3v) is 2.63. The van der Waals surface area contributed by atoms with Gasteiger partial charge in [0.15, 0.2) is 0 Å². The molecule has 1 nitrogen and oxygen atoms in total. The fraction of sp³-hybridized carbons (Fsp3) is 0.300. The Morgan fingerprint density at radius 3 is 2.31 bits per heavy atom. The van der Waals surface area contributed by atoms with Crippen LogP contribution in [0.25, 0.3) is 0 Å². The van der Waals surface area contributed by atoms with Gasteiger partial charge in [-0.1, -0.05) is 53.2 Å². The lowest BCUT2D eigenvalue weighted by Crippen LogP contribution is -2.15. The highest BCUT2D eigenvalue weighted by molar-refractivity contribution is 9.09. The van der Waals surface area contributed by atoms with Crippen molar-refractivity contribution in [3.05, 3.63) is 35.9 Å². The zero-order chi connectivity index (χ0) is 9.84. The second-order valence-electron chi connectivity index (χ2n) is 2.87. The molecule has 2 atom stereocenters. The van der Waals surface area contributed by atoms with Gasteiger partial charge in [0.1, 0.15) is 0 Å². The van der Waals surface area contributed by atoms with Crippen LogP contribution in [0, 0.1) is 0 Å². The minimum absolute atomic E-state index is 0.0555. The maximum Gasteiger partial charge on any atom is 0.230 e. The van der Waals surface area contributed by atoms with E-state index in [4.69, 9.17) is 11.6 Å². The molecular weight excluding hydrogens is 251 g/mol. The summed E-state index contributed by atoms with van der Waals surface area (Å²) >= 11 is 8.88. The summed E-state index contributed by atoms with van der Waals surface area (Å²) in [6.07, 6.45) is 0. The predicted octanol–water partition coefficient (Wildman–Crippen LogP) is 3.32. The second kappa shape index (κ2) is 4.77. The number of rotatable bonds is 3. The average Bonchev–Trinajstić information content (AvgIpc) is 2.04. The fourth-order valence-corrected chi connectivity index (χ4v) is 2.25. The first-order valence-corrected chi connectivity index (χ1v) is 5.30. The smallest absolute Gasteiger partial charge is 0.230 e. The molecule has 13 heavy (non-hydrogen) atoms. The Hall–Kier alpha value is -0.340. The Morgan fingerprint density at radius 2 is 1.92 bits per heavy atom. The molecule has 0 saturated carbocycles. The number of carbonyl (C=O) groups excluding carboxylic acids is 1. The Morgan fingerprint density at radius 1 is 1.38 bits per heavy atom. The molecule has 3 heteroatoms. The standard InChI is InChI=1S/C10H10BrClO/c1-7(11)9(10(12)13)8-5-3-2-4-6-8/h2-7,9H,1H3. The first kappa shape index (κ1) is 10.7. The van der Waals surface area contributed by atoms with E-state index in [1.165, 1.54) is 0 Å². The summed E-state index contributed by atoms with van der Waals surface area (Å²) in [6.45, 7) is 1.91. The van der Waals surface area contributed by atoms with Gasteiger partial charge in [-0.2, -0.15) is 0 Å². The molecule has 0 radical (unpaired) electrons. The van der Waals surface area contributed by atoms with Crippen molar-refractivity contribution in [2.24, 2.45) is 0 Å². The monoisotopic (exact) mass is 260 g/mol. The molecule has 0 N–H and O–H groups in total. The van der Waals surface area contributed by atoms with Crippen LogP contribution in [0.15, 0.2) is 30.3 Å². The lowest BCUT2D eigenvalue weighted by Gasteiger charge is -2.14.